The number of amides is 1. The van der Waals surface area contributed by atoms with Gasteiger partial charge in [-0.1, -0.05) is 11.6 Å². The Morgan fingerprint density at radius 3 is 2.59 bits per heavy atom. The smallest absolute Gasteiger partial charge is 0.236 e. The molecule has 148 valence electrons. The van der Waals surface area contributed by atoms with Crippen molar-refractivity contribution < 1.29 is 19.4 Å². The number of pyridine rings is 1. The second-order valence-corrected chi connectivity index (χ2v) is 9.12. The van der Waals surface area contributed by atoms with E-state index in [1.54, 1.807) is 26.3 Å². The van der Waals surface area contributed by atoms with Gasteiger partial charge in [-0.2, -0.15) is 0 Å². The van der Waals surface area contributed by atoms with E-state index in [0.717, 1.165) is 38.8 Å². The lowest BCUT2D eigenvalue weighted by molar-refractivity contribution is -0.164. The van der Waals surface area contributed by atoms with Gasteiger partial charge in [0.2, 0.25) is 11.8 Å². The van der Waals surface area contributed by atoms with Gasteiger partial charge >= 0.3 is 0 Å². The monoisotopic (exact) mass is 394 g/mol. The molecule has 1 aliphatic heterocycles. The van der Waals surface area contributed by atoms with Crippen molar-refractivity contribution in [1.82, 2.24) is 9.88 Å². The number of hydrogen-bond acceptors (Lipinski definition) is 5. The zero-order valence-corrected chi connectivity index (χ0v) is 16.7. The Bertz CT molecular complexity index is 715. The number of carbonyl (C=O) groups is 1. The van der Waals surface area contributed by atoms with Crippen LogP contribution in [-0.2, 0) is 4.79 Å². The molecule has 1 aromatic rings. The lowest BCUT2D eigenvalue weighted by Crippen LogP contribution is -2.63. The lowest BCUT2D eigenvalue weighted by Gasteiger charge is -2.55. The third kappa shape index (κ3) is 3.61. The van der Waals surface area contributed by atoms with E-state index in [1.165, 1.54) is 0 Å². The van der Waals surface area contributed by atoms with E-state index in [9.17, 15) is 9.90 Å². The van der Waals surface area contributed by atoms with Gasteiger partial charge in [-0.3, -0.25) is 4.79 Å². The van der Waals surface area contributed by atoms with Gasteiger partial charge in [-0.25, -0.2) is 4.98 Å². The number of nitrogens with zero attached hydrogens (tertiary/aromatic N) is 2. The Kier molecular flexibility index (Phi) is 4.75. The summed E-state index contributed by atoms with van der Waals surface area (Å²) < 4.78 is 11.2. The average Bonchev–Trinajstić information content (AvgIpc) is 2.59. The van der Waals surface area contributed by atoms with Crippen LogP contribution in [-0.4, -0.2) is 52.8 Å². The summed E-state index contributed by atoms with van der Waals surface area (Å²) in [4.78, 5) is 18.7. The minimum absolute atomic E-state index is 0.0123. The molecule has 0 radical (unpaired) electrons. The topological polar surface area (TPSA) is 71.9 Å². The molecule has 2 heterocycles. The molecule has 2 aliphatic carbocycles. The van der Waals surface area contributed by atoms with Crippen molar-refractivity contribution in [2.75, 3.05) is 20.2 Å². The van der Waals surface area contributed by atoms with Gasteiger partial charge in [0, 0.05) is 36.7 Å². The first kappa shape index (κ1) is 18.8. The Morgan fingerprint density at radius 1 is 1.33 bits per heavy atom. The Morgan fingerprint density at radius 2 is 2.00 bits per heavy atom. The Balaban J connectivity index is 1.26. The van der Waals surface area contributed by atoms with Crippen molar-refractivity contribution in [3.8, 4) is 11.6 Å². The largest absolute Gasteiger partial charge is 0.495 e. The maximum atomic E-state index is 12.5. The maximum absolute atomic E-state index is 12.5. The van der Waals surface area contributed by atoms with Gasteiger partial charge in [0.05, 0.1) is 12.7 Å². The molecule has 3 fully saturated rings. The van der Waals surface area contributed by atoms with Crippen molar-refractivity contribution in [1.29, 1.82) is 0 Å². The number of likely N-dealkylation sites (tertiary alicyclic amines) is 1. The second-order valence-electron chi connectivity index (χ2n) is 8.75. The van der Waals surface area contributed by atoms with Gasteiger partial charge in [0.25, 0.3) is 0 Å². The number of aliphatic hydroxyl groups is 1. The quantitative estimate of drug-likeness (QED) is 0.849. The van der Waals surface area contributed by atoms with Gasteiger partial charge in [-0.15, -0.1) is 0 Å². The fourth-order valence-corrected chi connectivity index (χ4v) is 5.03. The molecule has 6 nitrogen and oxygen atoms in total. The molecule has 2 saturated carbocycles. The molecule has 7 heteroatoms. The van der Waals surface area contributed by atoms with Crippen molar-refractivity contribution in [2.24, 2.45) is 11.3 Å². The van der Waals surface area contributed by atoms with Crippen LogP contribution in [0.4, 0.5) is 0 Å². The highest BCUT2D eigenvalue weighted by atomic mass is 35.5. The van der Waals surface area contributed by atoms with Crippen molar-refractivity contribution in [3.05, 3.63) is 17.3 Å². The summed E-state index contributed by atoms with van der Waals surface area (Å²) in [5.41, 5.74) is -0.402. The Hall–Kier alpha value is -1.53. The van der Waals surface area contributed by atoms with Gasteiger partial charge in [0.15, 0.2) is 0 Å². The van der Waals surface area contributed by atoms with Gasteiger partial charge < -0.3 is 19.5 Å². The Labute approximate surface area is 164 Å². The van der Waals surface area contributed by atoms with Crippen LogP contribution in [0.1, 0.15) is 45.4 Å². The van der Waals surface area contributed by atoms with Crippen LogP contribution in [0, 0.1) is 11.3 Å². The lowest BCUT2D eigenvalue weighted by atomic mass is 9.66. The fraction of sp³-hybridized carbons (Fsp3) is 0.700. The van der Waals surface area contributed by atoms with E-state index in [2.05, 4.69) is 4.98 Å². The summed E-state index contributed by atoms with van der Waals surface area (Å²) in [6, 6.07) is 1.71. The molecule has 3 aliphatic rings. The third-order valence-electron chi connectivity index (χ3n) is 6.40. The van der Waals surface area contributed by atoms with E-state index in [4.69, 9.17) is 21.1 Å². The molecule has 27 heavy (non-hydrogen) atoms. The molecule has 0 aromatic carbocycles. The van der Waals surface area contributed by atoms with E-state index in [1.807, 2.05) is 4.90 Å². The zero-order valence-electron chi connectivity index (χ0n) is 15.9. The van der Waals surface area contributed by atoms with Gasteiger partial charge in [-0.05, 0) is 45.4 Å². The van der Waals surface area contributed by atoms with Gasteiger partial charge in [0.1, 0.15) is 16.9 Å². The summed E-state index contributed by atoms with van der Waals surface area (Å²) in [5.74, 6) is 1.23. The molecule has 1 spiro atoms. The van der Waals surface area contributed by atoms with Crippen molar-refractivity contribution in [3.63, 3.8) is 0 Å². The highest BCUT2D eigenvalue weighted by Gasteiger charge is 2.51. The van der Waals surface area contributed by atoms with Crippen LogP contribution >= 0.6 is 11.6 Å². The zero-order chi connectivity index (χ0) is 19.2. The predicted molar refractivity (Wildman–Crippen MR) is 101 cm³/mol. The van der Waals surface area contributed by atoms with Crippen LogP contribution in [0.5, 0.6) is 11.6 Å². The van der Waals surface area contributed by atoms with Crippen LogP contribution in [0.2, 0.25) is 5.02 Å². The average molecular weight is 395 g/mol. The third-order valence-corrected chi connectivity index (χ3v) is 6.75. The highest BCUT2D eigenvalue weighted by Crippen LogP contribution is 2.47. The van der Waals surface area contributed by atoms with Crippen LogP contribution in [0.25, 0.3) is 0 Å². The van der Waals surface area contributed by atoms with Crippen molar-refractivity contribution in [2.45, 2.75) is 57.2 Å². The minimum Gasteiger partial charge on any atom is -0.495 e. The first-order valence-corrected chi connectivity index (χ1v) is 10.0. The fourth-order valence-electron chi connectivity index (χ4n) is 4.80. The molecule has 4 rings (SSSR count). The van der Waals surface area contributed by atoms with Crippen LogP contribution in [0.15, 0.2) is 12.3 Å². The number of aromatic nitrogens is 1. The molecule has 1 saturated heterocycles. The van der Waals surface area contributed by atoms with E-state index in [-0.39, 0.29) is 23.3 Å². The van der Waals surface area contributed by atoms with E-state index >= 15 is 0 Å². The number of rotatable bonds is 4. The highest BCUT2D eigenvalue weighted by molar-refractivity contribution is 6.33. The normalized spacial score (nSPS) is 29.8. The minimum atomic E-state index is -0.645. The number of ether oxygens (including phenoxy) is 2. The summed E-state index contributed by atoms with van der Waals surface area (Å²) in [6.07, 6.45) is 6.90. The molecule has 1 aromatic heterocycles. The predicted octanol–water partition coefficient (Wildman–Crippen LogP) is 3.05. The molecule has 0 unspecified atom stereocenters. The van der Waals surface area contributed by atoms with Crippen LogP contribution < -0.4 is 9.47 Å². The van der Waals surface area contributed by atoms with Crippen LogP contribution in [0.3, 0.4) is 0 Å². The maximum Gasteiger partial charge on any atom is 0.236 e. The SMILES string of the molecule is COc1ccnc(OC2CCC3(CC2)CN(C(=O)C2CC(C)(O)C2)C3)c1Cl. The molecule has 0 bridgehead atoms. The van der Waals surface area contributed by atoms with Crippen molar-refractivity contribution >= 4 is 17.5 Å². The summed E-state index contributed by atoms with van der Waals surface area (Å²) in [5, 5.41) is 10.3. The molecule has 1 N–H and O–H groups in total. The number of methoxy groups -OCH3 is 1. The number of hydrogen-bond donors (Lipinski definition) is 1. The van der Waals surface area contributed by atoms with E-state index < -0.39 is 5.60 Å². The molecule has 0 atom stereocenters. The molecular formula is C20H27ClN2O4. The van der Waals surface area contributed by atoms with E-state index in [0.29, 0.717) is 29.5 Å². The summed E-state index contributed by atoms with van der Waals surface area (Å²) in [6.45, 7) is 3.49. The molecule has 1 amide bonds. The summed E-state index contributed by atoms with van der Waals surface area (Å²) >= 11 is 6.27. The number of carbonyl (C=O) groups excluding carboxylic acids is 1. The first-order chi connectivity index (χ1) is 12.8. The summed E-state index contributed by atoms with van der Waals surface area (Å²) in [7, 11) is 1.57. The standard InChI is InChI=1S/C20H27ClN2O4/c1-19(25)9-13(10-19)18(24)23-11-20(12-23)6-3-14(4-7-20)27-17-16(21)15(26-2)5-8-22-17/h5,8,13-14,25H,3-4,6-7,9-12H2,1-2H3. The first-order valence-electron chi connectivity index (χ1n) is 9.67. The molecular weight excluding hydrogens is 368 g/mol. The second kappa shape index (κ2) is 6.82. The number of halogens is 1.